The molecule has 1 spiro atoms. The monoisotopic (exact) mass is 674 g/mol. The Morgan fingerprint density at radius 2 is 1.64 bits per heavy atom. The number of hydrogen-bond donors (Lipinski definition) is 5. The average Bonchev–Trinajstić information content (AvgIpc) is 3.04. The molecule has 2 aliphatic heterocycles. The van der Waals surface area contributed by atoms with Crippen LogP contribution in [0.3, 0.4) is 0 Å². The molecule has 4 bridgehead atoms. The summed E-state index contributed by atoms with van der Waals surface area (Å²) in [5, 5.41) is 49.3. The summed E-state index contributed by atoms with van der Waals surface area (Å²) in [7, 11) is 1.60. The van der Waals surface area contributed by atoms with E-state index in [4.69, 9.17) is 40.3 Å². The van der Waals surface area contributed by atoms with Gasteiger partial charge in [0.15, 0.2) is 5.60 Å². The maximum Gasteiger partial charge on any atom is 0.328 e. The van der Waals surface area contributed by atoms with E-state index in [0.717, 1.165) is 31.8 Å². The molecule has 2 aromatic rings. The largest absolute Gasteiger partial charge is 0.487 e. The molecule has 2 heterocycles. The number of carboxylic acids is 1. The maximum absolute atomic E-state index is 11.4. The second kappa shape index (κ2) is 12.6. The van der Waals surface area contributed by atoms with Crippen LogP contribution in [-0.4, -0.2) is 81.5 Å². The van der Waals surface area contributed by atoms with Gasteiger partial charge in [0.05, 0.1) is 11.6 Å². The van der Waals surface area contributed by atoms with Crippen molar-refractivity contribution in [2.45, 2.75) is 80.8 Å². The van der Waals surface area contributed by atoms with Crippen LogP contribution in [0.15, 0.2) is 42.5 Å². The maximum atomic E-state index is 11.4. The number of ether oxygens (including phenoxy) is 4. The fraction of sp³-hybridized carbons (Fsp3) is 0.559. The molecule has 254 valence electrons. The van der Waals surface area contributed by atoms with E-state index >= 15 is 0 Å². The van der Waals surface area contributed by atoms with Gasteiger partial charge in [0.25, 0.3) is 5.79 Å². The average molecular weight is 675 g/mol. The lowest BCUT2D eigenvalue weighted by Gasteiger charge is -2.68. The van der Waals surface area contributed by atoms with E-state index < -0.39 is 54.7 Å². The molecule has 5 N–H and O–H groups in total. The van der Waals surface area contributed by atoms with Crippen molar-refractivity contribution in [1.29, 1.82) is 0 Å². The molecule has 2 saturated heterocycles. The van der Waals surface area contributed by atoms with Crippen molar-refractivity contribution in [2.75, 3.05) is 13.7 Å². The summed E-state index contributed by atoms with van der Waals surface area (Å²) in [6.45, 7) is -0.517. The Morgan fingerprint density at radius 3 is 2.21 bits per heavy atom. The van der Waals surface area contributed by atoms with Gasteiger partial charge in [0, 0.05) is 24.3 Å². The van der Waals surface area contributed by atoms with Crippen LogP contribution in [0.2, 0.25) is 5.02 Å². The number of methoxy groups -OCH3 is 1. The van der Waals surface area contributed by atoms with E-state index in [1.54, 1.807) is 43.5 Å². The van der Waals surface area contributed by atoms with Gasteiger partial charge in [0.2, 0.25) is 6.29 Å². The number of benzene rings is 2. The zero-order chi connectivity index (χ0) is 33.1. The molecular weight excluding hydrogens is 636 g/mol. The van der Waals surface area contributed by atoms with Crippen molar-refractivity contribution in [3.63, 3.8) is 0 Å². The van der Waals surface area contributed by atoms with Crippen molar-refractivity contribution in [1.82, 2.24) is 0 Å². The van der Waals surface area contributed by atoms with Gasteiger partial charge >= 0.3 is 5.97 Å². The molecule has 8 rings (SSSR count). The van der Waals surface area contributed by atoms with Gasteiger partial charge in [-0.3, -0.25) is 0 Å². The van der Waals surface area contributed by atoms with E-state index in [1.807, 2.05) is 0 Å². The molecule has 12 nitrogen and oxygen atoms in total. The quantitative estimate of drug-likeness (QED) is 0.184. The number of hydrogen-bond acceptors (Lipinski definition) is 11. The van der Waals surface area contributed by atoms with Gasteiger partial charge in [0.1, 0.15) is 42.5 Å². The van der Waals surface area contributed by atoms with Gasteiger partial charge in [-0.25, -0.2) is 9.68 Å². The lowest BCUT2D eigenvalue weighted by Crippen LogP contribution is -2.76. The van der Waals surface area contributed by atoms with Crippen LogP contribution in [0, 0.1) is 23.7 Å². The summed E-state index contributed by atoms with van der Waals surface area (Å²) in [4.78, 5) is 23.4. The predicted molar refractivity (Wildman–Crippen MR) is 164 cm³/mol. The van der Waals surface area contributed by atoms with Gasteiger partial charge in [-0.15, -0.1) is 0 Å². The van der Waals surface area contributed by atoms with Crippen LogP contribution in [0.5, 0.6) is 11.5 Å². The number of aliphatic hydroxyl groups is 4. The van der Waals surface area contributed by atoms with Crippen LogP contribution < -0.4 is 9.47 Å². The van der Waals surface area contributed by atoms with Crippen molar-refractivity contribution in [3.05, 3.63) is 64.2 Å². The number of aliphatic hydroxyl groups excluding tert-OH is 4. The van der Waals surface area contributed by atoms with Crippen LogP contribution >= 0.6 is 11.6 Å². The Morgan fingerprint density at radius 1 is 0.957 bits per heavy atom. The minimum Gasteiger partial charge on any atom is -0.487 e. The number of carbonyl (C=O) groups is 1. The zero-order valence-electron chi connectivity index (χ0n) is 25.7. The molecule has 3 unspecified atom stereocenters. The Bertz CT molecular complexity index is 1480. The van der Waals surface area contributed by atoms with Gasteiger partial charge in [-0.2, -0.15) is 4.89 Å². The van der Waals surface area contributed by atoms with Crippen LogP contribution in [0.25, 0.3) is 6.08 Å². The van der Waals surface area contributed by atoms with Crippen LogP contribution in [0.4, 0.5) is 0 Å². The summed E-state index contributed by atoms with van der Waals surface area (Å²) in [6.07, 6.45) is 0.913. The predicted octanol–water partition coefficient (Wildman–Crippen LogP) is 3.15. The fourth-order valence-corrected chi connectivity index (χ4v) is 9.06. The molecule has 6 atom stereocenters. The third-order valence-corrected chi connectivity index (χ3v) is 11.1. The van der Waals surface area contributed by atoms with E-state index in [-0.39, 0.29) is 29.2 Å². The molecule has 6 aliphatic rings. The minimum absolute atomic E-state index is 0.0501. The highest BCUT2D eigenvalue weighted by molar-refractivity contribution is 6.33. The summed E-state index contributed by atoms with van der Waals surface area (Å²) in [6, 6.07) is 10.2. The first kappa shape index (κ1) is 32.8. The first-order valence-corrected chi connectivity index (χ1v) is 16.3. The smallest absolute Gasteiger partial charge is 0.328 e. The number of halogens is 1. The number of rotatable bonds is 10. The van der Waals surface area contributed by atoms with Crippen molar-refractivity contribution in [3.8, 4) is 11.5 Å². The van der Waals surface area contributed by atoms with Gasteiger partial charge < -0.3 is 44.5 Å². The summed E-state index contributed by atoms with van der Waals surface area (Å²) < 4.78 is 23.6. The van der Waals surface area contributed by atoms with E-state index in [9.17, 15) is 30.3 Å². The van der Waals surface area contributed by atoms with E-state index in [1.165, 1.54) is 12.5 Å². The van der Waals surface area contributed by atoms with Crippen molar-refractivity contribution in [2.24, 2.45) is 23.7 Å². The zero-order valence-corrected chi connectivity index (χ0v) is 26.5. The normalized spacial score (nSPS) is 38.9. The number of aliphatic carboxylic acids is 1. The van der Waals surface area contributed by atoms with E-state index in [2.05, 4.69) is 0 Å². The lowest BCUT2D eigenvalue weighted by atomic mass is 9.47. The van der Waals surface area contributed by atoms with Crippen LogP contribution in [-0.2, 0) is 36.4 Å². The molecule has 47 heavy (non-hydrogen) atoms. The molecule has 0 radical (unpaired) electrons. The van der Waals surface area contributed by atoms with Crippen LogP contribution in [0.1, 0.15) is 48.8 Å². The van der Waals surface area contributed by atoms with Gasteiger partial charge in [-0.05, 0) is 79.5 Å². The molecule has 4 saturated carbocycles. The molecule has 0 aromatic heterocycles. The Kier molecular flexibility index (Phi) is 8.77. The molecule has 4 aliphatic carbocycles. The van der Waals surface area contributed by atoms with Crippen molar-refractivity contribution >= 4 is 23.6 Å². The second-order valence-corrected chi connectivity index (χ2v) is 13.7. The highest BCUT2D eigenvalue weighted by Gasteiger charge is 2.77. The summed E-state index contributed by atoms with van der Waals surface area (Å²) in [5.74, 6) is 0.0997. The number of carboxylic acid groups (broad SMARTS) is 1. The fourth-order valence-electron chi connectivity index (χ4n) is 8.71. The Hall–Kier alpha value is -2.78. The topological polar surface area (TPSA) is 174 Å². The second-order valence-electron chi connectivity index (χ2n) is 13.3. The standard InChI is InChI=1S/C34H39ClO12/c1-42-34(33(46-47-34)21-11-18-10-19(13-21)14-22(33)12-18)24-8-4-20(5-9-26(37)38)31(27(24)35)43-16-17-2-6-23(7-3-17)44-32-30(41)29(40)28(39)25(15-36)45-32/h2-9,18-19,21-22,25,28-30,32,36,39-41H,10-16H2,1H3,(H,37,38)/b9-5+/t18?,19?,21?,22?,25?,28-,29-,30?,32+,33?,34?/m0/s1. The van der Waals surface area contributed by atoms with Gasteiger partial charge in [-0.1, -0.05) is 35.9 Å². The molecule has 2 aromatic carbocycles. The Balaban J connectivity index is 1.13. The molecule has 6 fully saturated rings. The first-order chi connectivity index (χ1) is 22.6. The molecule has 0 amide bonds. The highest BCUT2D eigenvalue weighted by atomic mass is 35.5. The highest BCUT2D eigenvalue weighted by Crippen LogP contribution is 2.70. The lowest BCUT2D eigenvalue weighted by molar-refractivity contribution is -0.645. The third-order valence-electron chi connectivity index (χ3n) is 10.7. The SMILES string of the molecule is COC1(c2ccc(/C=C/C(=O)O)c(OCc3ccc(O[C@@H]4OC(CO)[C@H](O)[C@H](O)C4O)cc3)c2Cl)OOC12C1CC3CC(C1)CC2C3. The molecule has 13 heteroatoms. The molecular formula is C34H39ClO12. The minimum atomic E-state index is -1.56. The third kappa shape index (κ3) is 5.34. The first-order valence-electron chi connectivity index (χ1n) is 15.9. The summed E-state index contributed by atoms with van der Waals surface area (Å²) >= 11 is 7.13. The van der Waals surface area contributed by atoms with Crippen molar-refractivity contribution < 1.29 is 59.0 Å². The van der Waals surface area contributed by atoms with E-state index in [0.29, 0.717) is 34.3 Å². The summed E-state index contributed by atoms with van der Waals surface area (Å²) in [5.41, 5.74) is 1.05. The Labute approximate surface area is 276 Å².